The van der Waals surface area contributed by atoms with Gasteiger partial charge >= 0.3 is 0 Å². The molecule has 2 N–H and O–H groups in total. The molecule has 3 rings (SSSR count). The van der Waals surface area contributed by atoms with Crippen LogP contribution in [0, 0.1) is 6.92 Å². The van der Waals surface area contributed by atoms with Gasteiger partial charge in [0.25, 0.3) is 5.91 Å². The van der Waals surface area contributed by atoms with Crippen molar-refractivity contribution in [1.29, 1.82) is 0 Å². The minimum absolute atomic E-state index is 0.303. The summed E-state index contributed by atoms with van der Waals surface area (Å²) in [6, 6.07) is 8.06. The molecule has 0 radical (unpaired) electrons. The molecule has 108 valence electrons. The molecular formula is C15H14N2O4. The van der Waals surface area contributed by atoms with Gasteiger partial charge in [-0.1, -0.05) is 0 Å². The largest absolute Gasteiger partial charge is 0.486 e. The van der Waals surface area contributed by atoms with Gasteiger partial charge in [0.1, 0.15) is 13.2 Å². The van der Waals surface area contributed by atoms with E-state index >= 15 is 0 Å². The van der Waals surface area contributed by atoms with Crippen molar-refractivity contribution < 1.29 is 14.3 Å². The Bertz CT molecular complexity index is 752. The molecule has 2 heterocycles. The number of rotatable bonds is 2. The number of aromatic amines is 1. The second-order valence-electron chi connectivity index (χ2n) is 4.73. The molecule has 1 amide bonds. The molecule has 6 nitrogen and oxygen atoms in total. The Balaban J connectivity index is 1.82. The predicted octanol–water partition coefficient (Wildman–Crippen LogP) is 1.71. The van der Waals surface area contributed by atoms with Gasteiger partial charge in [-0.25, -0.2) is 0 Å². The highest BCUT2D eigenvalue weighted by Crippen LogP contribution is 2.32. The minimum Gasteiger partial charge on any atom is -0.486 e. The molecule has 1 aromatic heterocycles. The highest BCUT2D eigenvalue weighted by Gasteiger charge is 2.13. The van der Waals surface area contributed by atoms with Crippen LogP contribution in [0.25, 0.3) is 0 Å². The predicted molar refractivity (Wildman–Crippen MR) is 77.2 cm³/mol. The van der Waals surface area contributed by atoms with E-state index in [1.165, 1.54) is 6.07 Å². The first kappa shape index (κ1) is 13.2. The SMILES string of the molecule is Cc1cc(C(=O)Nc2ccc3c(c2)OCCO3)cc(=O)[nH]1. The van der Waals surface area contributed by atoms with Gasteiger partial charge < -0.3 is 19.8 Å². The van der Waals surface area contributed by atoms with Crippen molar-refractivity contribution in [2.24, 2.45) is 0 Å². The lowest BCUT2D eigenvalue weighted by molar-refractivity contribution is 0.102. The molecule has 1 aliphatic heterocycles. The number of hydrogen-bond donors (Lipinski definition) is 2. The molecule has 0 saturated heterocycles. The monoisotopic (exact) mass is 286 g/mol. The number of aryl methyl sites for hydroxylation is 1. The third kappa shape index (κ3) is 2.89. The van der Waals surface area contributed by atoms with E-state index in [-0.39, 0.29) is 11.5 Å². The van der Waals surface area contributed by atoms with Gasteiger partial charge in [-0.05, 0) is 25.1 Å². The standard InChI is InChI=1S/C15H14N2O4/c1-9-6-10(7-14(18)16-9)15(19)17-11-2-3-12-13(8-11)21-5-4-20-12/h2-3,6-8H,4-5H2,1H3,(H,16,18)(H,17,19). The Morgan fingerprint density at radius 2 is 1.90 bits per heavy atom. The average molecular weight is 286 g/mol. The van der Waals surface area contributed by atoms with Crippen LogP contribution in [0.5, 0.6) is 11.5 Å². The number of benzene rings is 1. The third-order valence-corrected chi connectivity index (χ3v) is 3.04. The molecule has 0 bridgehead atoms. The number of nitrogens with one attached hydrogen (secondary N) is 2. The Morgan fingerprint density at radius 1 is 1.14 bits per heavy atom. The molecule has 1 aromatic carbocycles. The number of pyridine rings is 1. The number of H-pyrrole nitrogens is 1. The highest BCUT2D eigenvalue weighted by atomic mass is 16.6. The quantitative estimate of drug-likeness (QED) is 0.880. The van der Waals surface area contributed by atoms with Gasteiger partial charge in [-0.15, -0.1) is 0 Å². The van der Waals surface area contributed by atoms with Crippen LogP contribution < -0.4 is 20.3 Å². The molecular weight excluding hydrogens is 272 g/mol. The van der Waals surface area contributed by atoms with E-state index < -0.39 is 0 Å². The molecule has 21 heavy (non-hydrogen) atoms. The summed E-state index contributed by atoms with van der Waals surface area (Å²) < 4.78 is 10.9. The van der Waals surface area contributed by atoms with E-state index in [2.05, 4.69) is 10.3 Å². The van der Waals surface area contributed by atoms with Crippen LogP contribution in [-0.2, 0) is 0 Å². The van der Waals surface area contributed by atoms with Gasteiger partial charge in [0, 0.05) is 29.1 Å². The number of anilines is 1. The zero-order chi connectivity index (χ0) is 14.8. The molecule has 0 aliphatic carbocycles. The third-order valence-electron chi connectivity index (χ3n) is 3.04. The molecule has 1 aliphatic rings. The fraction of sp³-hybridized carbons (Fsp3) is 0.200. The van der Waals surface area contributed by atoms with Crippen molar-refractivity contribution in [1.82, 2.24) is 4.98 Å². The van der Waals surface area contributed by atoms with Crippen molar-refractivity contribution in [3.05, 3.63) is 51.9 Å². The fourth-order valence-corrected chi connectivity index (χ4v) is 2.14. The Kier molecular flexibility index (Phi) is 3.35. The van der Waals surface area contributed by atoms with Crippen molar-refractivity contribution in [2.45, 2.75) is 6.92 Å². The molecule has 0 spiro atoms. The average Bonchev–Trinajstić information content (AvgIpc) is 2.46. The normalized spacial score (nSPS) is 12.8. The minimum atomic E-state index is -0.346. The lowest BCUT2D eigenvalue weighted by atomic mass is 10.2. The lowest BCUT2D eigenvalue weighted by Gasteiger charge is -2.19. The topological polar surface area (TPSA) is 80.4 Å². The number of carbonyl (C=O) groups excluding carboxylic acids is 1. The van der Waals surface area contributed by atoms with Crippen LogP contribution >= 0.6 is 0 Å². The van der Waals surface area contributed by atoms with Crippen LogP contribution in [0.2, 0.25) is 0 Å². The summed E-state index contributed by atoms with van der Waals surface area (Å²) in [7, 11) is 0. The van der Waals surface area contributed by atoms with E-state index in [1.807, 2.05) is 0 Å². The Morgan fingerprint density at radius 3 is 2.67 bits per heavy atom. The summed E-state index contributed by atoms with van der Waals surface area (Å²) in [6.45, 7) is 2.73. The Hall–Kier alpha value is -2.76. The fourth-order valence-electron chi connectivity index (χ4n) is 2.14. The van der Waals surface area contributed by atoms with Crippen LogP contribution in [-0.4, -0.2) is 24.1 Å². The number of fused-ring (bicyclic) bond motifs is 1. The number of ether oxygens (including phenoxy) is 2. The molecule has 0 unspecified atom stereocenters. The van der Waals surface area contributed by atoms with Gasteiger partial charge in [0.2, 0.25) is 5.56 Å². The van der Waals surface area contributed by atoms with Gasteiger partial charge in [0.05, 0.1) is 0 Å². The molecule has 0 fully saturated rings. The number of hydrogen-bond acceptors (Lipinski definition) is 4. The summed E-state index contributed by atoms with van der Waals surface area (Å²) in [6.07, 6.45) is 0. The van der Waals surface area contributed by atoms with E-state index in [1.54, 1.807) is 31.2 Å². The Labute approximate surface area is 120 Å². The van der Waals surface area contributed by atoms with Crippen LogP contribution in [0.3, 0.4) is 0 Å². The van der Waals surface area contributed by atoms with Crippen molar-refractivity contribution >= 4 is 11.6 Å². The smallest absolute Gasteiger partial charge is 0.255 e. The summed E-state index contributed by atoms with van der Waals surface area (Å²) in [5, 5.41) is 2.74. The maximum atomic E-state index is 12.2. The molecule has 0 saturated carbocycles. The van der Waals surface area contributed by atoms with Crippen LogP contribution in [0.1, 0.15) is 16.1 Å². The summed E-state index contributed by atoms with van der Waals surface area (Å²) in [5.41, 5.74) is 1.23. The zero-order valence-electron chi connectivity index (χ0n) is 11.4. The van der Waals surface area contributed by atoms with E-state index in [9.17, 15) is 9.59 Å². The van der Waals surface area contributed by atoms with Gasteiger partial charge in [-0.2, -0.15) is 0 Å². The van der Waals surface area contributed by atoms with Gasteiger partial charge in [-0.3, -0.25) is 9.59 Å². The summed E-state index contributed by atoms with van der Waals surface area (Å²) >= 11 is 0. The second-order valence-corrected chi connectivity index (χ2v) is 4.73. The summed E-state index contributed by atoms with van der Waals surface area (Å²) in [5.74, 6) is 0.910. The first-order chi connectivity index (χ1) is 10.1. The second kappa shape index (κ2) is 5.32. The van der Waals surface area contributed by atoms with Crippen molar-refractivity contribution in [2.75, 3.05) is 18.5 Å². The number of aromatic nitrogens is 1. The van der Waals surface area contributed by atoms with Crippen LogP contribution in [0.4, 0.5) is 5.69 Å². The maximum Gasteiger partial charge on any atom is 0.255 e. The van der Waals surface area contributed by atoms with Crippen LogP contribution in [0.15, 0.2) is 35.1 Å². The first-order valence-electron chi connectivity index (χ1n) is 6.54. The number of amides is 1. The van der Waals surface area contributed by atoms with E-state index in [0.29, 0.717) is 41.7 Å². The highest BCUT2D eigenvalue weighted by molar-refractivity contribution is 6.04. The number of carbonyl (C=O) groups is 1. The zero-order valence-corrected chi connectivity index (χ0v) is 11.4. The maximum absolute atomic E-state index is 12.2. The molecule has 6 heteroatoms. The molecule has 2 aromatic rings. The van der Waals surface area contributed by atoms with Gasteiger partial charge in [0.15, 0.2) is 11.5 Å². The van der Waals surface area contributed by atoms with E-state index in [4.69, 9.17) is 9.47 Å². The van der Waals surface area contributed by atoms with Crippen molar-refractivity contribution in [3.8, 4) is 11.5 Å². The molecule has 0 atom stereocenters. The van der Waals surface area contributed by atoms with E-state index in [0.717, 1.165) is 0 Å². The van der Waals surface area contributed by atoms with Crippen molar-refractivity contribution in [3.63, 3.8) is 0 Å². The summed E-state index contributed by atoms with van der Waals surface area (Å²) in [4.78, 5) is 26.1. The first-order valence-corrected chi connectivity index (χ1v) is 6.54. The lowest BCUT2D eigenvalue weighted by Crippen LogP contribution is -2.18.